The van der Waals surface area contributed by atoms with Crippen molar-refractivity contribution >= 4 is 8.45 Å². The van der Waals surface area contributed by atoms with E-state index in [1.54, 1.807) is 0 Å². The monoisotopic (exact) mass is 215 g/mol. The smallest absolute Gasteiger partial charge is 0.188 e. The highest BCUT2D eigenvalue weighted by atomic mass is 31.2. The Labute approximate surface area is 87.4 Å². The quantitative estimate of drug-likeness (QED) is 0.655. The fourth-order valence-corrected chi connectivity index (χ4v) is 3.43. The van der Waals surface area contributed by atoms with E-state index in [0.29, 0.717) is 6.42 Å². The maximum atomic E-state index is 8.54. The van der Waals surface area contributed by atoms with Gasteiger partial charge in [-0.15, -0.1) is 0 Å². The average Bonchev–Trinajstić information content (AvgIpc) is 2.65. The molecule has 0 bridgehead atoms. The van der Waals surface area contributed by atoms with Gasteiger partial charge in [-0.2, -0.15) is 5.26 Å². The van der Waals surface area contributed by atoms with Crippen LogP contribution in [0.4, 0.5) is 0 Å². The van der Waals surface area contributed by atoms with Gasteiger partial charge in [0, 0.05) is 32.6 Å². The molecular formula is C9H18N3OP. The standard InChI is InChI=1S/C9H18N3OP/c1-3-11(4-2)14-12(7-5-6-10)8-9-13-14/h3-5,7-9H2,1-2H3. The van der Waals surface area contributed by atoms with Gasteiger partial charge >= 0.3 is 0 Å². The molecule has 0 radical (unpaired) electrons. The van der Waals surface area contributed by atoms with Gasteiger partial charge in [0.05, 0.1) is 12.7 Å². The Morgan fingerprint density at radius 2 is 2.21 bits per heavy atom. The number of hydrogen-bond acceptors (Lipinski definition) is 4. The van der Waals surface area contributed by atoms with Gasteiger partial charge in [-0.25, -0.2) is 9.34 Å². The Kier molecular flexibility index (Phi) is 5.36. The lowest BCUT2D eigenvalue weighted by Crippen LogP contribution is -2.26. The predicted molar refractivity (Wildman–Crippen MR) is 57.6 cm³/mol. The van der Waals surface area contributed by atoms with Crippen LogP contribution in [-0.2, 0) is 4.52 Å². The molecule has 0 amide bonds. The number of rotatable bonds is 5. The van der Waals surface area contributed by atoms with E-state index in [1.807, 2.05) is 0 Å². The lowest BCUT2D eigenvalue weighted by molar-refractivity contribution is 0.352. The van der Waals surface area contributed by atoms with E-state index in [2.05, 4.69) is 29.3 Å². The first-order chi connectivity index (χ1) is 6.83. The lowest BCUT2D eigenvalue weighted by Gasteiger charge is -2.30. The molecule has 0 N–H and O–H groups in total. The molecule has 0 aliphatic carbocycles. The van der Waals surface area contributed by atoms with E-state index in [4.69, 9.17) is 9.79 Å². The molecule has 1 aliphatic heterocycles. The Hall–Kier alpha value is -0.200. The fraction of sp³-hybridized carbons (Fsp3) is 0.889. The molecule has 0 saturated carbocycles. The van der Waals surface area contributed by atoms with Gasteiger partial charge < -0.3 is 4.52 Å². The van der Waals surface area contributed by atoms with E-state index in [-0.39, 0.29) is 0 Å². The maximum Gasteiger partial charge on any atom is 0.188 e. The van der Waals surface area contributed by atoms with Crippen LogP contribution < -0.4 is 0 Å². The van der Waals surface area contributed by atoms with Crippen LogP contribution in [0, 0.1) is 11.3 Å². The molecule has 1 fully saturated rings. The predicted octanol–water partition coefficient (Wildman–Crippen LogP) is 1.80. The lowest BCUT2D eigenvalue weighted by atomic mass is 10.4. The summed E-state index contributed by atoms with van der Waals surface area (Å²) in [5.41, 5.74) is 0. The molecule has 14 heavy (non-hydrogen) atoms. The fourth-order valence-electron chi connectivity index (χ4n) is 1.50. The maximum absolute atomic E-state index is 8.54. The molecule has 1 saturated heterocycles. The molecule has 1 heterocycles. The van der Waals surface area contributed by atoms with Gasteiger partial charge in [0.1, 0.15) is 0 Å². The molecule has 0 aromatic carbocycles. The van der Waals surface area contributed by atoms with Crippen molar-refractivity contribution in [1.82, 2.24) is 9.34 Å². The zero-order chi connectivity index (χ0) is 10.4. The normalized spacial score (nSPS) is 22.9. The second kappa shape index (κ2) is 6.31. The zero-order valence-corrected chi connectivity index (χ0v) is 9.83. The third-order valence-corrected chi connectivity index (χ3v) is 4.60. The average molecular weight is 215 g/mol. The highest BCUT2D eigenvalue weighted by Gasteiger charge is 2.29. The van der Waals surface area contributed by atoms with E-state index < -0.39 is 8.45 Å². The van der Waals surface area contributed by atoms with Crippen LogP contribution in [-0.4, -0.2) is 42.1 Å². The van der Waals surface area contributed by atoms with Gasteiger partial charge in [0.2, 0.25) is 0 Å². The summed E-state index contributed by atoms with van der Waals surface area (Å²) in [7, 11) is -0.568. The van der Waals surface area contributed by atoms with Crippen molar-refractivity contribution in [3.63, 3.8) is 0 Å². The van der Waals surface area contributed by atoms with Gasteiger partial charge in [0.15, 0.2) is 8.45 Å². The summed E-state index contributed by atoms with van der Waals surface area (Å²) in [5.74, 6) is 0. The molecule has 1 aliphatic rings. The van der Waals surface area contributed by atoms with Crippen molar-refractivity contribution in [1.29, 1.82) is 5.26 Å². The molecule has 5 heteroatoms. The molecule has 0 aromatic heterocycles. The summed E-state index contributed by atoms with van der Waals surface area (Å²) in [4.78, 5) is 0. The summed E-state index contributed by atoms with van der Waals surface area (Å²) < 4.78 is 10.3. The van der Waals surface area contributed by atoms with Crippen molar-refractivity contribution < 1.29 is 4.52 Å². The van der Waals surface area contributed by atoms with Gasteiger partial charge in [-0.3, -0.25) is 0 Å². The third-order valence-electron chi connectivity index (χ3n) is 2.25. The third kappa shape index (κ3) is 2.90. The molecule has 1 unspecified atom stereocenters. The summed E-state index contributed by atoms with van der Waals surface area (Å²) in [5, 5.41) is 8.54. The number of nitrogens with zero attached hydrogens (tertiary/aromatic N) is 3. The van der Waals surface area contributed by atoms with E-state index >= 15 is 0 Å². The van der Waals surface area contributed by atoms with Crippen LogP contribution in [0.2, 0.25) is 0 Å². The highest BCUT2D eigenvalue weighted by molar-refractivity contribution is 7.47. The van der Waals surface area contributed by atoms with Crippen LogP contribution in [0.25, 0.3) is 0 Å². The van der Waals surface area contributed by atoms with Crippen molar-refractivity contribution in [2.24, 2.45) is 0 Å². The minimum absolute atomic E-state index is 0.568. The topological polar surface area (TPSA) is 39.5 Å². The molecule has 80 valence electrons. The van der Waals surface area contributed by atoms with Crippen LogP contribution >= 0.6 is 8.45 Å². The minimum atomic E-state index is -0.568. The molecule has 1 rings (SSSR count). The molecule has 0 aromatic rings. The Bertz CT molecular complexity index is 203. The zero-order valence-electron chi connectivity index (χ0n) is 8.94. The summed E-state index contributed by atoms with van der Waals surface area (Å²) in [6.07, 6.45) is 0.601. The second-order valence-electron chi connectivity index (χ2n) is 3.09. The molecular weight excluding hydrogens is 197 g/mol. The summed E-state index contributed by atoms with van der Waals surface area (Å²) in [6, 6.07) is 2.18. The van der Waals surface area contributed by atoms with Gasteiger partial charge in [-0.05, 0) is 0 Å². The van der Waals surface area contributed by atoms with Crippen molar-refractivity contribution in [3.05, 3.63) is 0 Å². The molecule has 0 spiro atoms. The SMILES string of the molecule is CCN(CC)P1OCCN1CCC#N. The van der Waals surface area contributed by atoms with E-state index in [1.165, 1.54) is 0 Å². The van der Waals surface area contributed by atoms with E-state index in [0.717, 1.165) is 32.8 Å². The summed E-state index contributed by atoms with van der Waals surface area (Å²) >= 11 is 0. The number of nitriles is 1. The first-order valence-electron chi connectivity index (χ1n) is 5.13. The summed E-state index contributed by atoms with van der Waals surface area (Å²) in [6.45, 7) is 8.97. The van der Waals surface area contributed by atoms with Crippen LogP contribution in [0.15, 0.2) is 0 Å². The second-order valence-corrected chi connectivity index (χ2v) is 4.98. The molecule has 1 atom stereocenters. The Morgan fingerprint density at radius 1 is 1.50 bits per heavy atom. The highest BCUT2D eigenvalue weighted by Crippen LogP contribution is 2.48. The molecule has 4 nitrogen and oxygen atoms in total. The van der Waals surface area contributed by atoms with Crippen molar-refractivity contribution in [3.8, 4) is 6.07 Å². The first-order valence-corrected chi connectivity index (χ1v) is 6.29. The van der Waals surface area contributed by atoms with Gasteiger partial charge in [0.25, 0.3) is 0 Å². The van der Waals surface area contributed by atoms with Gasteiger partial charge in [-0.1, -0.05) is 13.8 Å². The van der Waals surface area contributed by atoms with Crippen molar-refractivity contribution in [2.75, 3.05) is 32.8 Å². The largest absolute Gasteiger partial charge is 0.330 e. The minimum Gasteiger partial charge on any atom is -0.330 e. The number of hydrogen-bond donors (Lipinski definition) is 0. The first kappa shape index (κ1) is 11.9. The Balaban J connectivity index is 2.45. The van der Waals surface area contributed by atoms with Crippen LogP contribution in [0.3, 0.4) is 0 Å². The van der Waals surface area contributed by atoms with E-state index in [9.17, 15) is 0 Å². The van der Waals surface area contributed by atoms with Crippen molar-refractivity contribution in [2.45, 2.75) is 20.3 Å². The Morgan fingerprint density at radius 3 is 2.79 bits per heavy atom. The van der Waals surface area contributed by atoms with Crippen LogP contribution in [0.5, 0.6) is 0 Å². The van der Waals surface area contributed by atoms with Crippen LogP contribution in [0.1, 0.15) is 20.3 Å².